The molecule has 0 saturated heterocycles. The predicted octanol–water partition coefficient (Wildman–Crippen LogP) is 3.06. The molecule has 1 rings (SSSR count). The number of nitrogens with one attached hydrogen (secondary N) is 1. The maximum absolute atomic E-state index is 13.1. The zero-order valence-electron chi connectivity index (χ0n) is 15.5. The van der Waals surface area contributed by atoms with Gasteiger partial charge in [0.15, 0.2) is 11.5 Å². The number of benzene rings is 1. The number of carbonyl (C=O) groups excluding carboxylic acids is 1. The van der Waals surface area contributed by atoms with Gasteiger partial charge in [0.05, 0.1) is 13.2 Å². The first-order chi connectivity index (χ1) is 12.0. The fourth-order valence-electron chi connectivity index (χ4n) is 2.36. The van der Waals surface area contributed by atoms with Gasteiger partial charge in [-0.25, -0.2) is 8.78 Å². The normalized spacial score (nSPS) is 14.0. The predicted molar refractivity (Wildman–Crippen MR) is 93.3 cm³/mol. The second-order valence-corrected chi connectivity index (χ2v) is 7.20. The van der Waals surface area contributed by atoms with Crippen LogP contribution in [0.5, 0.6) is 11.5 Å². The molecule has 0 saturated carbocycles. The van der Waals surface area contributed by atoms with Crippen LogP contribution in [0.4, 0.5) is 13.2 Å². The summed E-state index contributed by atoms with van der Waals surface area (Å²) in [6, 6.07) is 3.98. The molecule has 5 nitrogen and oxygen atoms in total. The van der Waals surface area contributed by atoms with Crippen LogP contribution in [0.1, 0.15) is 32.8 Å². The summed E-state index contributed by atoms with van der Waals surface area (Å²) in [5, 5.41) is 2.73. The van der Waals surface area contributed by atoms with E-state index in [0.717, 1.165) is 0 Å². The standard InChI is InChI=1S/C18H27F3N2O3/c1-18(2,3)10-12(22)17(24)23-8-7-11-5-6-13(25-4)14(9-11)26-16(21)15(19)20/h5-6,9,12,15-16H,7-8,10,22H2,1-4H3,(H,23,24). The first-order valence-electron chi connectivity index (χ1n) is 8.32. The molecular formula is C18H27F3N2O3. The zero-order valence-corrected chi connectivity index (χ0v) is 15.5. The number of amides is 1. The van der Waals surface area contributed by atoms with E-state index in [2.05, 4.69) is 10.1 Å². The van der Waals surface area contributed by atoms with E-state index in [1.54, 1.807) is 6.07 Å². The molecule has 0 fully saturated rings. The van der Waals surface area contributed by atoms with Gasteiger partial charge in [-0.2, -0.15) is 4.39 Å². The highest BCUT2D eigenvalue weighted by atomic mass is 19.3. The van der Waals surface area contributed by atoms with Crippen LogP contribution in [-0.2, 0) is 11.2 Å². The van der Waals surface area contributed by atoms with Crippen LogP contribution in [0.3, 0.4) is 0 Å². The smallest absolute Gasteiger partial charge is 0.304 e. The van der Waals surface area contributed by atoms with Crippen LogP contribution >= 0.6 is 0 Å². The Bertz CT molecular complexity index is 592. The number of rotatable bonds is 9. The molecule has 2 unspecified atom stereocenters. The quantitative estimate of drug-likeness (QED) is 0.695. The molecule has 3 N–H and O–H groups in total. The van der Waals surface area contributed by atoms with E-state index in [0.29, 0.717) is 24.9 Å². The van der Waals surface area contributed by atoms with Crippen molar-refractivity contribution in [1.29, 1.82) is 0 Å². The van der Waals surface area contributed by atoms with Crippen molar-refractivity contribution in [2.75, 3.05) is 13.7 Å². The van der Waals surface area contributed by atoms with Gasteiger partial charge in [-0.15, -0.1) is 0 Å². The average Bonchev–Trinajstić information content (AvgIpc) is 2.53. The van der Waals surface area contributed by atoms with Gasteiger partial charge in [-0.1, -0.05) is 26.8 Å². The van der Waals surface area contributed by atoms with E-state index in [1.165, 1.54) is 19.2 Å². The van der Waals surface area contributed by atoms with Gasteiger partial charge in [-0.3, -0.25) is 4.79 Å². The second-order valence-electron chi connectivity index (χ2n) is 7.20. The Labute approximate surface area is 152 Å². The summed E-state index contributed by atoms with van der Waals surface area (Å²) in [5.41, 5.74) is 6.48. The van der Waals surface area contributed by atoms with E-state index < -0.39 is 18.8 Å². The number of methoxy groups -OCH3 is 1. The van der Waals surface area contributed by atoms with Gasteiger partial charge < -0.3 is 20.5 Å². The largest absolute Gasteiger partial charge is 0.493 e. The molecule has 26 heavy (non-hydrogen) atoms. The number of halogens is 3. The number of carbonyl (C=O) groups is 1. The minimum absolute atomic E-state index is 0.0629. The molecule has 1 aromatic carbocycles. The lowest BCUT2D eigenvalue weighted by molar-refractivity contribution is -0.122. The van der Waals surface area contributed by atoms with E-state index in [1.807, 2.05) is 20.8 Å². The van der Waals surface area contributed by atoms with Crippen molar-refractivity contribution >= 4 is 5.91 Å². The Hall–Kier alpha value is -1.96. The van der Waals surface area contributed by atoms with Crippen LogP contribution in [0.25, 0.3) is 0 Å². The summed E-state index contributed by atoms with van der Waals surface area (Å²) < 4.78 is 47.4. The molecule has 1 aromatic rings. The number of hydrogen-bond donors (Lipinski definition) is 2. The van der Waals surface area contributed by atoms with Crippen LogP contribution in [0.2, 0.25) is 0 Å². The molecule has 0 aliphatic carbocycles. The van der Waals surface area contributed by atoms with Gasteiger partial charge in [0.25, 0.3) is 6.36 Å². The molecule has 0 heterocycles. The Balaban J connectivity index is 2.63. The number of ether oxygens (including phenoxy) is 2. The highest BCUT2D eigenvalue weighted by Gasteiger charge is 2.23. The molecule has 2 atom stereocenters. The van der Waals surface area contributed by atoms with Crippen molar-refractivity contribution in [3.05, 3.63) is 23.8 Å². The zero-order chi connectivity index (χ0) is 19.9. The third kappa shape index (κ3) is 7.51. The van der Waals surface area contributed by atoms with Crippen molar-refractivity contribution in [1.82, 2.24) is 5.32 Å². The number of hydrogen-bond acceptors (Lipinski definition) is 4. The molecule has 0 aromatic heterocycles. The lowest BCUT2D eigenvalue weighted by atomic mass is 9.88. The summed E-state index contributed by atoms with van der Waals surface area (Å²) >= 11 is 0. The van der Waals surface area contributed by atoms with Gasteiger partial charge >= 0.3 is 6.43 Å². The first kappa shape index (κ1) is 22.1. The number of alkyl halides is 3. The Morgan fingerprint density at radius 3 is 2.42 bits per heavy atom. The molecule has 8 heteroatoms. The monoisotopic (exact) mass is 376 g/mol. The Kier molecular flexibility index (Phi) is 8.20. The molecule has 0 aliphatic rings. The fraction of sp³-hybridized carbons (Fsp3) is 0.611. The van der Waals surface area contributed by atoms with E-state index in [9.17, 15) is 18.0 Å². The van der Waals surface area contributed by atoms with Gasteiger partial charge in [0.1, 0.15) is 0 Å². The SMILES string of the molecule is COc1ccc(CCNC(=O)C(N)CC(C)(C)C)cc1OC(F)C(F)F. The molecule has 1 amide bonds. The van der Waals surface area contributed by atoms with Crippen molar-refractivity contribution in [2.24, 2.45) is 11.1 Å². The lowest BCUT2D eigenvalue weighted by Gasteiger charge is -2.22. The summed E-state index contributed by atoms with van der Waals surface area (Å²) in [7, 11) is 1.33. The Morgan fingerprint density at radius 1 is 1.23 bits per heavy atom. The maximum atomic E-state index is 13.1. The molecular weight excluding hydrogens is 349 g/mol. The molecule has 0 aliphatic heterocycles. The van der Waals surface area contributed by atoms with E-state index in [-0.39, 0.29) is 22.8 Å². The minimum Gasteiger partial charge on any atom is -0.493 e. The van der Waals surface area contributed by atoms with Crippen molar-refractivity contribution in [3.8, 4) is 11.5 Å². The first-order valence-corrected chi connectivity index (χ1v) is 8.32. The van der Waals surface area contributed by atoms with Crippen LogP contribution in [0.15, 0.2) is 18.2 Å². The fourth-order valence-corrected chi connectivity index (χ4v) is 2.36. The van der Waals surface area contributed by atoms with Crippen LogP contribution < -0.4 is 20.5 Å². The Morgan fingerprint density at radius 2 is 1.88 bits per heavy atom. The highest BCUT2D eigenvalue weighted by Crippen LogP contribution is 2.30. The second kappa shape index (κ2) is 9.66. The molecule has 0 spiro atoms. The summed E-state index contributed by atoms with van der Waals surface area (Å²) in [5.74, 6) is -0.228. The minimum atomic E-state index is -3.26. The maximum Gasteiger partial charge on any atom is 0.304 e. The lowest BCUT2D eigenvalue weighted by Crippen LogP contribution is -2.43. The molecule has 0 bridgehead atoms. The van der Waals surface area contributed by atoms with Gasteiger partial charge in [0.2, 0.25) is 5.91 Å². The third-order valence-electron chi connectivity index (χ3n) is 3.55. The van der Waals surface area contributed by atoms with Crippen LogP contribution in [0, 0.1) is 5.41 Å². The third-order valence-corrected chi connectivity index (χ3v) is 3.55. The summed E-state index contributed by atoms with van der Waals surface area (Å²) in [6.07, 6.45) is -5.05. The van der Waals surface area contributed by atoms with Gasteiger partial charge in [0, 0.05) is 6.54 Å². The van der Waals surface area contributed by atoms with E-state index in [4.69, 9.17) is 10.5 Å². The summed E-state index contributed by atoms with van der Waals surface area (Å²) in [4.78, 5) is 12.0. The molecule has 148 valence electrons. The summed E-state index contributed by atoms with van der Waals surface area (Å²) in [6.45, 7) is 6.29. The van der Waals surface area contributed by atoms with Gasteiger partial charge in [-0.05, 0) is 36.0 Å². The van der Waals surface area contributed by atoms with E-state index >= 15 is 0 Å². The van der Waals surface area contributed by atoms with Crippen molar-refractivity contribution in [2.45, 2.75) is 52.4 Å². The highest BCUT2D eigenvalue weighted by molar-refractivity contribution is 5.81. The molecule has 0 radical (unpaired) electrons. The topological polar surface area (TPSA) is 73.6 Å². The van der Waals surface area contributed by atoms with Crippen molar-refractivity contribution < 1.29 is 27.4 Å². The number of nitrogens with two attached hydrogens (primary N) is 1. The average molecular weight is 376 g/mol. The van der Waals surface area contributed by atoms with Crippen LogP contribution in [-0.4, -0.2) is 38.4 Å². The van der Waals surface area contributed by atoms with Crippen molar-refractivity contribution in [3.63, 3.8) is 0 Å².